The Morgan fingerprint density at radius 1 is 1.11 bits per heavy atom. The second-order valence-corrected chi connectivity index (χ2v) is 8.66. The predicted molar refractivity (Wildman–Crippen MR) is 106 cm³/mol. The lowest BCUT2D eigenvalue weighted by Gasteiger charge is -2.29. The number of hydrogen-bond donors (Lipinski definition) is 1. The van der Waals surface area contributed by atoms with E-state index in [9.17, 15) is 17.6 Å². The summed E-state index contributed by atoms with van der Waals surface area (Å²) in [5, 5.41) is 2.86. The van der Waals surface area contributed by atoms with E-state index >= 15 is 0 Å². The molecule has 0 saturated heterocycles. The maximum atomic E-state index is 13.6. The maximum Gasteiger partial charge on any atom is 0.244 e. The Balaban J connectivity index is 2.28. The van der Waals surface area contributed by atoms with Crippen LogP contribution >= 0.6 is 0 Å². The summed E-state index contributed by atoms with van der Waals surface area (Å²) in [4.78, 5) is 12.8. The monoisotopic (exact) mass is 392 g/mol. The van der Waals surface area contributed by atoms with Crippen LogP contribution in [-0.2, 0) is 14.8 Å². The third kappa shape index (κ3) is 5.07. The second kappa shape index (κ2) is 8.08. The van der Waals surface area contributed by atoms with Crippen molar-refractivity contribution in [3.63, 3.8) is 0 Å². The molecule has 0 saturated carbocycles. The minimum Gasteiger partial charge on any atom is -0.348 e. The summed E-state index contributed by atoms with van der Waals surface area (Å²) in [6, 6.07) is 9.82. The van der Waals surface area contributed by atoms with Crippen molar-refractivity contribution in [3.8, 4) is 0 Å². The molecule has 5 nitrogen and oxygen atoms in total. The molecule has 1 amide bonds. The molecule has 0 spiro atoms. The zero-order valence-corrected chi connectivity index (χ0v) is 17.0. The molecule has 2 aromatic carbocycles. The molecular weight excluding hydrogens is 367 g/mol. The van der Waals surface area contributed by atoms with Gasteiger partial charge in [0, 0.05) is 0 Å². The number of aryl methyl sites for hydroxylation is 2. The van der Waals surface area contributed by atoms with Gasteiger partial charge in [-0.2, -0.15) is 0 Å². The zero-order valence-electron chi connectivity index (χ0n) is 16.2. The van der Waals surface area contributed by atoms with E-state index in [1.54, 1.807) is 0 Å². The third-order valence-corrected chi connectivity index (χ3v) is 5.65. The standard InChI is InChI=1S/C20H25FN2O3S/c1-13-9-10-14(2)19(11-13)15(3)22-20(24)16(4)23(27(5,25)26)18-8-6-7-17(21)12-18/h6-12,15-16H,1-5H3,(H,22,24). The summed E-state index contributed by atoms with van der Waals surface area (Å²) >= 11 is 0. The van der Waals surface area contributed by atoms with Crippen LogP contribution in [0.5, 0.6) is 0 Å². The number of sulfonamides is 1. The molecule has 7 heteroatoms. The summed E-state index contributed by atoms with van der Waals surface area (Å²) in [6.07, 6.45) is 0.996. The van der Waals surface area contributed by atoms with Gasteiger partial charge in [0.2, 0.25) is 15.9 Å². The van der Waals surface area contributed by atoms with Gasteiger partial charge in [0.05, 0.1) is 18.0 Å². The van der Waals surface area contributed by atoms with E-state index in [4.69, 9.17) is 0 Å². The summed E-state index contributed by atoms with van der Waals surface area (Å²) in [5.74, 6) is -1.03. The fourth-order valence-corrected chi connectivity index (χ4v) is 4.23. The van der Waals surface area contributed by atoms with Gasteiger partial charge in [-0.05, 0) is 57.0 Å². The number of carbonyl (C=O) groups excluding carboxylic acids is 1. The van der Waals surface area contributed by atoms with Crippen molar-refractivity contribution in [1.82, 2.24) is 5.32 Å². The largest absolute Gasteiger partial charge is 0.348 e. The Hall–Kier alpha value is -2.41. The Morgan fingerprint density at radius 2 is 1.78 bits per heavy atom. The molecule has 0 bridgehead atoms. The zero-order chi connectivity index (χ0) is 20.4. The summed E-state index contributed by atoms with van der Waals surface area (Å²) in [6.45, 7) is 7.25. The molecular formula is C20H25FN2O3S. The lowest BCUT2D eigenvalue weighted by atomic mass is 10.00. The quantitative estimate of drug-likeness (QED) is 0.819. The van der Waals surface area contributed by atoms with Gasteiger partial charge >= 0.3 is 0 Å². The molecule has 2 rings (SSSR count). The van der Waals surface area contributed by atoms with Gasteiger partial charge in [-0.1, -0.05) is 29.8 Å². The SMILES string of the molecule is Cc1ccc(C)c(C(C)NC(=O)C(C)N(c2cccc(F)c2)S(C)(=O)=O)c1. The van der Waals surface area contributed by atoms with E-state index in [0.717, 1.165) is 33.3 Å². The van der Waals surface area contributed by atoms with Gasteiger partial charge in [-0.25, -0.2) is 12.8 Å². The number of benzene rings is 2. The Bertz CT molecular complexity index is 944. The Morgan fingerprint density at radius 3 is 2.37 bits per heavy atom. The van der Waals surface area contributed by atoms with Crippen LogP contribution < -0.4 is 9.62 Å². The van der Waals surface area contributed by atoms with E-state index in [-0.39, 0.29) is 11.7 Å². The lowest BCUT2D eigenvalue weighted by molar-refractivity contribution is -0.122. The minimum atomic E-state index is -3.79. The second-order valence-electron chi connectivity index (χ2n) is 6.80. The number of hydrogen-bond acceptors (Lipinski definition) is 3. The fraction of sp³-hybridized carbons (Fsp3) is 0.350. The van der Waals surface area contributed by atoms with E-state index in [1.807, 2.05) is 39.0 Å². The Labute approximate surface area is 160 Å². The first kappa shape index (κ1) is 20.9. The fourth-order valence-electron chi connectivity index (χ4n) is 3.06. The van der Waals surface area contributed by atoms with Gasteiger partial charge in [0.1, 0.15) is 11.9 Å². The number of carbonyl (C=O) groups is 1. The van der Waals surface area contributed by atoms with Gasteiger partial charge in [-0.15, -0.1) is 0 Å². The maximum absolute atomic E-state index is 13.6. The molecule has 0 fully saturated rings. The first-order valence-corrected chi connectivity index (χ1v) is 10.5. The molecule has 0 aliphatic rings. The lowest BCUT2D eigenvalue weighted by Crippen LogP contribution is -2.48. The van der Waals surface area contributed by atoms with Crippen LogP contribution in [0.25, 0.3) is 0 Å². The average Bonchev–Trinajstić information content (AvgIpc) is 2.55. The van der Waals surface area contributed by atoms with Gasteiger partial charge in [0.15, 0.2) is 0 Å². The highest BCUT2D eigenvalue weighted by Gasteiger charge is 2.30. The topological polar surface area (TPSA) is 66.5 Å². The van der Waals surface area contributed by atoms with E-state index < -0.39 is 27.8 Å². The van der Waals surface area contributed by atoms with Crippen LogP contribution in [-0.4, -0.2) is 26.6 Å². The van der Waals surface area contributed by atoms with Crippen molar-refractivity contribution < 1.29 is 17.6 Å². The summed E-state index contributed by atoms with van der Waals surface area (Å²) in [5.41, 5.74) is 3.18. The van der Waals surface area contributed by atoms with Crippen LogP contribution in [0.4, 0.5) is 10.1 Å². The minimum absolute atomic E-state index is 0.111. The molecule has 0 aliphatic carbocycles. The highest BCUT2D eigenvalue weighted by molar-refractivity contribution is 7.92. The van der Waals surface area contributed by atoms with Crippen molar-refractivity contribution in [3.05, 3.63) is 65.0 Å². The van der Waals surface area contributed by atoms with Crippen LogP contribution in [0, 0.1) is 19.7 Å². The molecule has 2 atom stereocenters. The van der Waals surface area contributed by atoms with Crippen LogP contribution in [0.3, 0.4) is 0 Å². The van der Waals surface area contributed by atoms with E-state index in [0.29, 0.717) is 0 Å². The number of nitrogens with one attached hydrogen (secondary N) is 1. The molecule has 0 aliphatic heterocycles. The van der Waals surface area contributed by atoms with Crippen molar-refractivity contribution in [2.75, 3.05) is 10.6 Å². The van der Waals surface area contributed by atoms with Crippen molar-refractivity contribution in [1.29, 1.82) is 0 Å². The number of halogens is 1. The first-order chi connectivity index (χ1) is 12.5. The number of rotatable bonds is 6. The van der Waals surface area contributed by atoms with Gasteiger partial charge < -0.3 is 5.32 Å². The summed E-state index contributed by atoms with van der Waals surface area (Å²) < 4.78 is 39.0. The smallest absolute Gasteiger partial charge is 0.244 e. The molecule has 1 N–H and O–H groups in total. The number of amides is 1. The van der Waals surface area contributed by atoms with Crippen molar-refractivity contribution >= 4 is 21.6 Å². The van der Waals surface area contributed by atoms with E-state index in [1.165, 1.54) is 25.1 Å². The molecule has 27 heavy (non-hydrogen) atoms. The third-order valence-electron chi connectivity index (χ3n) is 4.41. The molecule has 0 heterocycles. The Kier molecular flexibility index (Phi) is 6.26. The van der Waals surface area contributed by atoms with Gasteiger partial charge in [0.25, 0.3) is 0 Å². The van der Waals surface area contributed by atoms with Crippen LogP contribution in [0.15, 0.2) is 42.5 Å². The highest BCUT2D eigenvalue weighted by Crippen LogP contribution is 2.23. The van der Waals surface area contributed by atoms with Crippen molar-refractivity contribution in [2.45, 2.75) is 39.8 Å². The molecule has 0 aromatic heterocycles. The average molecular weight is 392 g/mol. The van der Waals surface area contributed by atoms with Crippen molar-refractivity contribution in [2.24, 2.45) is 0 Å². The molecule has 2 aromatic rings. The van der Waals surface area contributed by atoms with Crippen LogP contribution in [0.2, 0.25) is 0 Å². The summed E-state index contributed by atoms with van der Waals surface area (Å²) in [7, 11) is -3.79. The number of anilines is 1. The molecule has 0 radical (unpaired) electrons. The number of nitrogens with zero attached hydrogens (tertiary/aromatic N) is 1. The first-order valence-electron chi connectivity index (χ1n) is 8.63. The molecule has 146 valence electrons. The normalized spacial score (nSPS) is 13.7. The molecule has 2 unspecified atom stereocenters. The highest BCUT2D eigenvalue weighted by atomic mass is 32.2. The van der Waals surface area contributed by atoms with E-state index in [2.05, 4.69) is 5.32 Å². The van der Waals surface area contributed by atoms with Crippen LogP contribution in [0.1, 0.15) is 36.6 Å². The predicted octanol–water partition coefficient (Wildman–Crippen LogP) is 3.47. The van der Waals surface area contributed by atoms with Gasteiger partial charge in [-0.3, -0.25) is 9.10 Å².